The molecule has 0 aliphatic carbocycles. The highest BCUT2D eigenvalue weighted by atomic mass is 16.2. The van der Waals surface area contributed by atoms with Crippen LogP contribution in [0.2, 0.25) is 0 Å². The van der Waals surface area contributed by atoms with E-state index >= 15 is 0 Å². The summed E-state index contributed by atoms with van der Waals surface area (Å²) in [5, 5.41) is 6.21. The zero-order valence-electron chi connectivity index (χ0n) is 9.70. The first-order valence-electron chi connectivity index (χ1n) is 5.87. The first kappa shape index (κ1) is 11.2. The molecule has 1 fully saturated rings. The number of aromatic nitrogens is 1. The lowest BCUT2D eigenvalue weighted by molar-refractivity contribution is -0.123. The summed E-state index contributed by atoms with van der Waals surface area (Å²) in [7, 11) is 1.98. The molecule has 0 radical (unpaired) electrons. The molecule has 0 unspecified atom stereocenters. The van der Waals surface area contributed by atoms with E-state index in [0.29, 0.717) is 6.54 Å². The SMILES string of the molecule is Cn1ccc(CNC(=O)[C@H]2CCCCN2)c1. The summed E-state index contributed by atoms with van der Waals surface area (Å²) >= 11 is 0. The van der Waals surface area contributed by atoms with Crippen molar-refractivity contribution in [1.82, 2.24) is 15.2 Å². The molecule has 2 heterocycles. The summed E-state index contributed by atoms with van der Waals surface area (Å²) in [5.41, 5.74) is 1.15. The van der Waals surface area contributed by atoms with Gasteiger partial charge in [-0.3, -0.25) is 4.79 Å². The Balaban J connectivity index is 1.78. The van der Waals surface area contributed by atoms with E-state index < -0.39 is 0 Å². The van der Waals surface area contributed by atoms with Crippen LogP contribution in [-0.2, 0) is 18.4 Å². The Morgan fingerprint density at radius 2 is 2.50 bits per heavy atom. The van der Waals surface area contributed by atoms with Gasteiger partial charge in [0, 0.05) is 26.0 Å². The first-order valence-corrected chi connectivity index (χ1v) is 5.87. The molecule has 16 heavy (non-hydrogen) atoms. The summed E-state index contributed by atoms with van der Waals surface area (Å²) in [6.45, 7) is 1.58. The van der Waals surface area contributed by atoms with Crippen LogP contribution in [0.4, 0.5) is 0 Å². The van der Waals surface area contributed by atoms with Crippen molar-refractivity contribution in [2.75, 3.05) is 6.54 Å². The van der Waals surface area contributed by atoms with Crippen molar-refractivity contribution in [3.8, 4) is 0 Å². The average molecular weight is 221 g/mol. The van der Waals surface area contributed by atoms with E-state index in [0.717, 1.165) is 24.9 Å². The molecule has 1 aliphatic heterocycles. The van der Waals surface area contributed by atoms with Gasteiger partial charge < -0.3 is 15.2 Å². The van der Waals surface area contributed by atoms with E-state index in [1.807, 2.05) is 30.1 Å². The van der Waals surface area contributed by atoms with E-state index in [1.54, 1.807) is 0 Å². The van der Waals surface area contributed by atoms with Crippen LogP contribution in [0.1, 0.15) is 24.8 Å². The molecule has 88 valence electrons. The molecule has 0 aromatic carbocycles. The molecule has 4 heteroatoms. The van der Waals surface area contributed by atoms with E-state index in [1.165, 1.54) is 6.42 Å². The van der Waals surface area contributed by atoms with E-state index in [2.05, 4.69) is 10.6 Å². The number of piperidine rings is 1. The molecule has 1 aromatic heterocycles. The molecule has 0 bridgehead atoms. The predicted octanol–water partition coefficient (Wildman–Crippen LogP) is 0.783. The zero-order chi connectivity index (χ0) is 11.4. The van der Waals surface area contributed by atoms with Gasteiger partial charge in [0.1, 0.15) is 0 Å². The maximum atomic E-state index is 11.8. The molecule has 4 nitrogen and oxygen atoms in total. The number of amides is 1. The highest BCUT2D eigenvalue weighted by molar-refractivity contribution is 5.81. The van der Waals surface area contributed by atoms with Gasteiger partial charge in [-0.25, -0.2) is 0 Å². The summed E-state index contributed by atoms with van der Waals surface area (Å²) in [6.07, 6.45) is 7.30. The third kappa shape index (κ3) is 2.85. The fourth-order valence-corrected chi connectivity index (χ4v) is 2.05. The van der Waals surface area contributed by atoms with Crippen LogP contribution < -0.4 is 10.6 Å². The topological polar surface area (TPSA) is 46.1 Å². The number of aryl methyl sites for hydroxylation is 1. The number of hydrogen-bond acceptors (Lipinski definition) is 2. The number of nitrogens with one attached hydrogen (secondary N) is 2. The normalized spacial score (nSPS) is 20.7. The minimum atomic E-state index is 0.0115. The molecular formula is C12H19N3O. The molecule has 1 atom stereocenters. The summed E-state index contributed by atoms with van der Waals surface area (Å²) in [4.78, 5) is 11.8. The van der Waals surface area contributed by atoms with E-state index in [9.17, 15) is 4.79 Å². The second kappa shape index (κ2) is 5.16. The van der Waals surface area contributed by atoms with Crippen LogP contribution in [-0.4, -0.2) is 23.1 Å². The second-order valence-corrected chi connectivity index (χ2v) is 4.41. The maximum absolute atomic E-state index is 11.8. The minimum Gasteiger partial charge on any atom is -0.357 e. The molecule has 1 aromatic rings. The van der Waals surface area contributed by atoms with E-state index in [4.69, 9.17) is 0 Å². The number of nitrogens with zero attached hydrogens (tertiary/aromatic N) is 1. The van der Waals surface area contributed by atoms with Gasteiger partial charge >= 0.3 is 0 Å². The number of hydrogen-bond donors (Lipinski definition) is 2. The molecule has 2 N–H and O–H groups in total. The Labute approximate surface area is 96.0 Å². The van der Waals surface area contributed by atoms with Crippen molar-refractivity contribution in [2.24, 2.45) is 7.05 Å². The maximum Gasteiger partial charge on any atom is 0.237 e. The first-order chi connectivity index (χ1) is 7.75. The Bertz CT molecular complexity index is 353. The van der Waals surface area contributed by atoms with Crippen LogP contribution in [0.3, 0.4) is 0 Å². The highest BCUT2D eigenvalue weighted by Crippen LogP contribution is 2.07. The van der Waals surface area contributed by atoms with Crippen LogP contribution in [0, 0.1) is 0 Å². The molecule has 1 saturated heterocycles. The van der Waals surface area contributed by atoms with Gasteiger partial charge in [0.2, 0.25) is 5.91 Å². The van der Waals surface area contributed by atoms with Crippen LogP contribution >= 0.6 is 0 Å². The fourth-order valence-electron chi connectivity index (χ4n) is 2.05. The lowest BCUT2D eigenvalue weighted by Crippen LogP contribution is -2.46. The lowest BCUT2D eigenvalue weighted by atomic mass is 10.0. The van der Waals surface area contributed by atoms with Gasteiger partial charge in [-0.05, 0) is 31.0 Å². The Hall–Kier alpha value is -1.29. The van der Waals surface area contributed by atoms with Crippen molar-refractivity contribution in [1.29, 1.82) is 0 Å². The predicted molar refractivity (Wildman–Crippen MR) is 62.9 cm³/mol. The Morgan fingerprint density at radius 1 is 1.62 bits per heavy atom. The fraction of sp³-hybridized carbons (Fsp3) is 0.583. The van der Waals surface area contributed by atoms with Crippen molar-refractivity contribution in [2.45, 2.75) is 31.8 Å². The van der Waals surface area contributed by atoms with Crippen LogP contribution in [0.5, 0.6) is 0 Å². The molecule has 0 spiro atoms. The molecule has 0 saturated carbocycles. The van der Waals surface area contributed by atoms with Gasteiger partial charge in [-0.1, -0.05) is 6.42 Å². The van der Waals surface area contributed by atoms with Gasteiger partial charge in [-0.2, -0.15) is 0 Å². The standard InChI is InChI=1S/C12H19N3O/c1-15-7-5-10(9-15)8-14-12(16)11-4-2-3-6-13-11/h5,7,9,11,13H,2-4,6,8H2,1H3,(H,14,16)/t11-/m1/s1. The van der Waals surface area contributed by atoms with E-state index in [-0.39, 0.29) is 11.9 Å². The summed E-state index contributed by atoms with van der Waals surface area (Å²) in [5.74, 6) is 0.128. The third-order valence-electron chi connectivity index (χ3n) is 2.99. The third-order valence-corrected chi connectivity index (χ3v) is 2.99. The van der Waals surface area contributed by atoms with Crippen molar-refractivity contribution >= 4 is 5.91 Å². The molecular weight excluding hydrogens is 202 g/mol. The van der Waals surface area contributed by atoms with Gasteiger partial charge in [0.05, 0.1) is 6.04 Å². The monoisotopic (exact) mass is 221 g/mol. The lowest BCUT2D eigenvalue weighted by Gasteiger charge is -2.22. The van der Waals surface area contributed by atoms with Gasteiger partial charge in [-0.15, -0.1) is 0 Å². The second-order valence-electron chi connectivity index (χ2n) is 4.41. The zero-order valence-corrected chi connectivity index (χ0v) is 9.70. The number of carbonyl (C=O) groups is 1. The molecule has 2 rings (SSSR count). The van der Waals surface area contributed by atoms with Crippen LogP contribution in [0.15, 0.2) is 18.5 Å². The minimum absolute atomic E-state index is 0.0115. The number of rotatable bonds is 3. The van der Waals surface area contributed by atoms with Crippen molar-refractivity contribution in [3.63, 3.8) is 0 Å². The largest absolute Gasteiger partial charge is 0.357 e. The van der Waals surface area contributed by atoms with Gasteiger partial charge in [0.25, 0.3) is 0 Å². The smallest absolute Gasteiger partial charge is 0.237 e. The average Bonchev–Trinajstić information content (AvgIpc) is 2.73. The molecule has 1 amide bonds. The highest BCUT2D eigenvalue weighted by Gasteiger charge is 2.19. The number of carbonyl (C=O) groups excluding carboxylic acids is 1. The Kier molecular flexibility index (Phi) is 3.62. The van der Waals surface area contributed by atoms with Crippen molar-refractivity contribution < 1.29 is 4.79 Å². The molecule has 1 aliphatic rings. The summed E-state index contributed by atoms with van der Waals surface area (Å²) in [6, 6.07) is 2.03. The van der Waals surface area contributed by atoms with Crippen LogP contribution in [0.25, 0.3) is 0 Å². The summed E-state index contributed by atoms with van der Waals surface area (Å²) < 4.78 is 1.99. The quantitative estimate of drug-likeness (QED) is 0.792. The Morgan fingerprint density at radius 3 is 3.12 bits per heavy atom. The van der Waals surface area contributed by atoms with Crippen molar-refractivity contribution in [3.05, 3.63) is 24.0 Å². The van der Waals surface area contributed by atoms with Gasteiger partial charge in [0.15, 0.2) is 0 Å².